The molecule has 0 saturated heterocycles. The summed E-state index contributed by atoms with van der Waals surface area (Å²) in [5.41, 5.74) is 5.77. The van der Waals surface area contributed by atoms with Crippen molar-refractivity contribution in [2.24, 2.45) is 0 Å². The van der Waals surface area contributed by atoms with Crippen LogP contribution in [0.1, 0.15) is 53.4 Å². The number of alkyl halides is 6. The SMILES string of the molecule is CCCCCN(C)/C=C\c1cc(-c2cnc(C(F)(F)F)c(N)n2)c(F)cc1C=O.Nc1cn[nH]c(=O)c1C(F)(F)F. The Balaban J connectivity index is 0.000000408. The number of benzene rings is 1. The van der Waals surface area contributed by atoms with Gasteiger partial charge in [-0.2, -0.15) is 31.4 Å². The summed E-state index contributed by atoms with van der Waals surface area (Å²) in [4.78, 5) is 30.7. The first kappa shape index (κ1) is 32.7. The van der Waals surface area contributed by atoms with Gasteiger partial charge in [0.05, 0.1) is 23.8 Å². The number of aromatic nitrogens is 4. The summed E-state index contributed by atoms with van der Waals surface area (Å²) in [5, 5.41) is 4.74. The lowest BCUT2D eigenvalue weighted by molar-refractivity contribution is -0.140. The number of nitrogens with two attached hydrogens (primary N) is 2. The lowest BCUT2D eigenvalue weighted by Gasteiger charge is -2.14. The van der Waals surface area contributed by atoms with Crippen molar-refractivity contribution in [3.05, 3.63) is 69.3 Å². The molecule has 3 rings (SSSR count). The third-order valence-electron chi connectivity index (χ3n) is 5.44. The zero-order valence-corrected chi connectivity index (χ0v) is 21.8. The van der Waals surface area contributed by atoms with E-state index in [0.29, 0.717) is 11.8 Å². The van der Waals surface area contributed by atoms with E-state index in [1.165, 1.54) is 6.07 Å². The number of rotatable bonds is 8. The van der Waals surface area contributed by atoms with Crippen LogP contribution in [-0.4, -0.2) is 44.9 Å². The van der Waals surface area contributed by atoms with Crippen LogP contribution in [0.2, 0.25) is 0 Å². The molecule has 0 saturated carbocycles. The van der Waals surface area contributed by atoms with Gasteiger partial charge in [-0.05, 0) is 36.4 Å². The molecule has 0 radical (unpaired) electrons. The smallest absolute Gasteiger partial charge is 0.397 e. The van der Waals surface area contributed by atoms with Gasteiger partial charge in [-0.15, -0.1) is 0 Å². The predicted molar refractivity (Wildman–Crippen MR) is 138 cm³/mol. The van der Waals surface area contributed by atoms with E-state index in [0.717, 1.165) is 44.3 Å². The first-order chi connectivity index (χ1) is 19.1. The number of nitrogens with one attached hydrogen (secondary N) is 1. The summed E-state index contributed by atoms with van der Waals surface area (Å²) in [6, 6.07) is 2.35. The molecular formula is C25H26F7N7O2. The van der Waals surface area contributed by atoms with Gasteiger partial charge in [0, 0.05) is 24.7 Å². The molecule has 2 aromatic heterocycles. The summed E-state index contributed by atoms with van der Waals surface area (Å²) < 4.78 is 88.8. The number of H-pyrrole nitrogens is 1. The van der Waals surface area contributed by atoms with Crippen LogP contribution in [0.4, 0.5) is 42.2 Å². The Morgan fingerprint density at radius 3 is 2.22 bits per heavy atom. The van der Waals surface area contributed by atoms with Gasteiger partial charge in [0.1, 0.15) is 11.4 Å². The molecule has 0 bridgehead atoms. The molecule has 0 fully saturated rings. The fourth-order valence-corrected chi connectivity index (χ4v) is 3.40. The molecule has 5 N–H and O–H groups in total. The summed E-state index contributed by atoms with van der Waals surface area (Å²) >= 11 is 0. The molecule has 1 aromatic carbocycles. The molecule has 16 heteroatoms. The highest BCUT2D eigenvalue weighted by Crippen LogP contribution is 2.33. The third kappa shape index (κ3) is 9.01. The number of anilines is 2. The number of aromatic amines is 1. The van der Waals surface area contributed by atoms with Crippen molar-refractivity contribution in [2.45, 2.75) is 38.5 Å². The Morgan fingerprint density at radius 2 is 1.71 bits per heavy atom. The number of nitrogens with zero attached hydrogens (tertiary/aromatic N) is 4. The standard InChI is InChI=1S/C20H22F4N4O.C5H4F3N3O/c1-3-4-5-7-28(2)8-6-13-9-15(16(21)10-14(13)12-29)17-11-26-18(19(25)27-17)20(22,23)24;6-5(7,8)3-2(9)1-10-11-4(3)12/h6,8-12H,3-5,7H2,1-2H3,(H2,25,27);1H,(H3,9,11,12)/b8-6-;. The van der Waals surface area contributed by atoms with Gasteiger partial charge in [-0.1, -0.05) is 19.8 Å². The molecule has 2 heterocycles. The summed E-state index contributed by atoms with van der Waals surface area (Å²) in [6.45, 7) is 2.92. The molecule has 0 atom stereocenters. The van der Waals surface area contributed by atoms with Crippen molar-refractivity contribution in [3.63, 3.8) is 0 Å². The first-order valence-corrected chi connectivity index (χ1v) is 11.9. The number of hydrogen-bond donors (Lipinski definition) is 3. The largest absolute Gasteiger partial charge is 0.437 e. The van der Waals surface area contributed by atoms with Crippen molar-refractivity contribution in [1.82, 2.24) is 25.1 Å². The van der Waals surface area contributed by atoms with Crippen molar-refractivity contribution < 1.29 is 35.5 Å². The van der Waals surface area contributed by atoms with Gasteiger partial charge in [0.15, 0.2) is 17.8 Å². The quantitative estimate of drug-likeness (QED) is 0.186. The fraction of sp³-hybridized carbons (Fsp3) is 0.320. The van der Waals surface area contributed by atoms with E-state index in [1.807, 2.05) is 11.9 Å². The highest BCUT2D eigenvalue weighted by Gasteiger charge is 2.37. The number of hydrogen-bond acceptors (Lipinski definition) is 8. The highest BCUT2D eigenvalue weighted by atomic mass is 19.4. The molecule has 0 aliphatic carbocycles. The van der Waals surface area contributed by atoms with E-state index < -0.39 is 46.5 Å². The third-order valence-corrected chi connectivity index (χ3v) is 5.44. The molecule has 9 nitrogen and oxygen atoms in total. The maximum absolute atomic E-state index is 14.4. The first-order valence-electron chi connectivity index (χ1n) is 11.9. The molecule has 3 aromatic rings. The van der Waals surface area contributed by atoms with Gasteiger partial charge >= 0.3 is 12.4 Å². The Morgan fingerprint density at radius 1 is 1.02 bits per heavy atom. The molecule has 0 spiro atoms. The minimum absolute atomic E-state index is 0.100. The van der Waals surface area contributed by atoms with Gasteiger partial charge in [-0.25, -0.2) is 19.5 Å². The average molecular weight is 590 g/mol. The van der Waals surface area contributed by atoms with Crippen molar-refractivity contribution in [3.8, 4) is 11.3 Å². The molecular weight excluding hydrogens is 563 g/mol. The second-order valence-corrected chi connectivity index (χ2v) is 8.60. The highest BCUT2D eigenvalue weighted by molar-refractivity contribution is 5.84. The maximum Gasteiger partial charge on any atom is 0.437 e. The van der Waals surface area contributed by atoms with Crippen LogP contribution in [0.25, 0.3) is 17.3 Å². The zero-order chi connectivity index (χ0) is 31.0. The topological polar surface area (TPSA) is 144 Å². The second kappa shape index (κ2) is 13.7. The summed E-state index contributed by atoms with van der Waals surface area (Å²) in [7, 11) is 1.87. The van der Waals surface area contributed by atoms with Crippen molar-refractivity contribution >= 4 is 23.9 Å². The second-order valence-electron chi connectivity index (χ2n) is 8.60. The van der Waals surface area contributed by atoms with E-state index in [4.69, 9.17) is 11.5 Å². The predicted octanol–water partition coefficient (Wildman–Crippen LogP) is 5.16. The molecule has 0 aliphatic heterocycles. The van der Waals surface area contributed by atoms with Crippen molar-refractivity contribution in [2.75, 3.05) is 25.1 Å². The molecule has 222 valence electrons. The molecule has 41 heavy (non-hydrogen) atoms. The van der Waals surface area contributed by atoms with E-state index in [9.17, 15) is 40.3 Å². The van der Waals surface area contributed by atoms with E-state index in [-0.39, 0.29) is 16.8 Å². The van der Waals surface area contributed by atoms with Crippen LogP contribution in [0.15, 0.2) is 35.5 Å². The van der Waals surface area contributed by atoms with Crippen LogP contribution in [-0.2, 0) is 12.4 Å². The minimum Gasteiger partial charge on any atom is -0.397 e. The Bertz CT molecular complexity index is 1440. The number of nitrogen functional groups attached to an aromatic ring is 2. The minimum atomic E-state index is -4.76. The van der Waals surface area contributed by atoms with Crippen LogP contribution < -0.4 is 17.0 Å². The average Bonchev–Trinajstić information content (AvgIpc) is 2.86. The van der Waals surface area contributed by atoms with Gasteiger partial charge < -0.3 is 16.4 Å². The number of unbranched alkanes of at least 4 members (excludes halogenated alkanes) is 2. The Kier molecular flexibility index (Phi) is 10.9. The van der Waals surface area contributed by atoms with Crippen LogP contribution in [0, 0.1) is 5.82 Å². The lowest BCUT2D eigenvalue weighted by Crippen LogP contribution is -2.24. The van der Waals surface area contributed by atoms with E-state index in [2.05, 4.69) is 22.0 Å². The van der Waals surface area contributed by atoms with Crippen LogP contribution >= 0.6 is 0 Å². The Hall–Kier alpha value is -4.50. The van der Waals surface area contributed by atoms with Crippen LogP contribution in [0.5, 0.6) is 0 Å². The van der Waals surface area contributed by atoms with E-state index in [1.54, 1.807) is 17.4 Å². The fourth-order valence-electron chi connectivity index (χ4n) is 3.40. The normalized spacial score (nSPS) is 11.7. The monoisotopic (exact) mass is 589 g/mol. The maximum atomic E-state index is 14.4. The zero-order valence-electron chi connectivity index (χ0n) is 21.8. The van der Waals surface area contributed by atoms with Gasteiger partial charge in [0.2, 0.25) is 0 Å². The number of aldehydes is 1. The van der Waals surface area contributed by atoms with Crippen molar-refractivity contribution in [1.29, 1.82) is 0 Å². The van der Waals surface area contributed by atoms with E-state index >= 15 is 0 Å². The number of halogens is 7. The lowest BCUT2D eigenvalue weighted by atomic mass is 10.0. The van der Waals surface area contributed by atoms with Gasteiger partial charge in [-0.3, -0.25) is 9.59 Å². The molecule has 0 amide bonds. The molecule has 0 aliphatic rings. The number of carbonyl (C=O) groups excluding carboxylic acids is 1. The summed E-state index contributed by atoms with van der Waals surface area (Å²) in [6.07, 6.45) is -0.855. The van der Waals surface area contributed by atoms with Crippen LogP contribution in [0.3, 0.4) is 0 Å². The van der Waals surface area contributed by atoms with Gasteiger partial charge in [0.25, 0.3) is 5.56 Å². The Labute approximate surface area is 229 Å². The number of carbonyl (C=O) groups is 1. The molecule has 0 unspecified atom stereocenters. The summed E-state index contributed by atoms with van der Waals surface area (Å²) in [5.74, 6) is -1.66.